The van der Waals surface area contributed by atoms with Crippen LogP contribution in [0, 0.1) is 0 Å². The third-order valence-electron chi connectivity index (χ3n) is 4.24. The van der Waals surface area contributed by atoms with Gasteiger partial charge in [0.15, 0.2) is 6.86 Å². The molecule has 0 aromatic heterocycles. The number of para-hydroxylation sites is 1. The number of carbonyl (C=O) groups excluding carboxylic acids is 1. The SMILES string of the molecule is C=C[Si](C)(C=C)CCCN(C(=O)C(F)(OCF)C(F)(F)F)c1ccccc1. The maximum atomic E-state index is 14.4. The van der Waals surface area contributed by atoms with Gasteiger partial charge in [0, 0.05) is 12.2 Å². The number of alkyl halides is 5. The molecule has 1 unspecified atom stereocenters. The Balaban J connectivity index is 3.17. The number of hydrogen-bond acceptors (Lipinski definition) is 2. The third kappa shape index (κ3) is 5.49. The molecule has 1 amide bonds. The van der Waals surface area contributed by atoms with E-state index in [0.29, 0.717) is 10.9 Å². The van der Waals surface area contributed by atoms with Crippen molar-refractivity contribution in [3.63, 3.8) is 0 Å². The quantitative estimate of drug-likeness (QED) is 0.398. The minimum atomic E-state index is -5.73. The molecule has 0 heterocycles. The Bertz CT molecular complexity index is 645. The molecule has 1 rings (SSSR count). The summed E-state index contributed by atoms with van der Waals surface area (Å²) in [5, 5.41) is 0. The lowest BCUT2D eigenvalue weighted by Crippen LogP contribution is -2.57. The zero-order chi connectivity index (χ0) is 20.7. The van der Waals surface area contributed by atoms with Crippen molar-refractivity contribution in [3.8, 4) is 0 Å². The second-order valence-electron chi connectivity index (χ2n) is 6.16. The summed E-state index contributed by atoms with van der Waals surface area (Å²) >= 11 is 0. The molecule has 27 heavy (non-hydrogen) atoms. The van der Waals surface area contributed by atoms with E-state index in [-0.39, 0.29) is 18.7 Å². The first-order valence-corrected chi connectivity index (χ1v) is 11.0. The normalized spacial score (nSPS) is 14.3. The first-order chi connectivity index (χ1) is 12.5. The van der Waals surface area contributed by atoms with Gasteiger partial charge in [-0.25, -0.2) is 4.39 Å². The van der Waals surface area contributed by atoms with Crippen LogP contribution in [-0.4, -0.2) is 39.4 Å². The van der Waals surface area contributed by atoms with Crippen LogP contribution < -0.4 is 4.90 Å². The summed E-state index contributed by atoms with van der Waals surface area (Å²) < 4.78 is 69.7. The van der Waals surface area contributed by atoms with Crippen LogP contribution in [-0.2, 0) is 9.53 Å². The number of rotatable bonds is 10. The molecule has 3 nitrogen and oxygen atoms in total. The number of anilines is 1. The van der Waals surface area contributed by atoms with Crippen molar-refractivity contribution >= 4 is 19.7 Å². The van der Waals surface area contributed by atoms with E-state index in [9.17, 15) is 26.7 Å². The number of halogens is 5. The first-order valence-electron chi connectivity index (χ1n) is 8.14. The van der Waals surface area contributed by atoms with E-state index in [4.69, 9.17) is 0 Å². The summed E-state index contributed by atoms with van der Waals surface area (Å²) in [6.07, 6.45) is -5.44. The van der Waals surface area contributed by atoms with Crippen molar-refractivity contribution in [2.75, 3.05) is 18.3 Å². The molecule has 0 saturated heterocycles. The highest BCUT2D eigenvalue weighted by Gasteiger charge is 2.65. The fourth-order valence-corrected chi connectivity index (χ4v) is 3.87. The van der Waals surface area contributed by atoms with Crippen LogP contribution in [0.3, 0.4) is 0 Å². The van der Waals surface area contributed by atoms with Gasteiger partial charge in [0.05, 0.1) is 8.07 Å². The summed E-state index contributed by atoms with van der Waals surface area (Å²) in [5.74, 6) is -6.78. The van der Waals surface area contributed by atoms with E-state index in [1.54, 1.807) is 17.5 Å². The Morgan fingerprint density at radius 1 is 1.19 bits per heavy atom. The molecule has 0 aliphatic rings. The van der Waals surface area contributed by atoms with Gasteiger partial charge in [0.25, 0.3) is 0 Å². The molecule has 0 aliphatic heterocycles. The summed E-state index contributed by atoms with van der Waals surface area (Å²) in [4.78, 5) is 13.0. The number of hydrogen-bond donors (Lipinski definition) is 0. The predicted octanol–water partition coefficient (Wildman–Crippen LogP) is 5.11. The van der Waals surface area contributed by atoms with Crippen molar-refractivity contribution in [2.45, 2.75) is 31.0 Å². The third-order valence-corrected chi connectivity index (χ3v) is 7.53. The van der Waals surface area contributed by atoms with Gasteiger partial charge < -0.3 is 4.90 Å². The smallest absolute Gasteiger partial charge is 0.307 e. The summed E-state index contributed by atoms with van der Waals surface area (Å²) in [7, 11) is -2.02. The fourth-order valence-electron chi connectivity index (χ4n) is 2.37. The van der Waals surface area contributed by atoms with Crippen molar-refractivity contribution < 1.29 is 31.5 Å². The van der Waals surface area contributed by atoms with Crippen LogP contribution >= 0.6 is 0 Å². The molecule has 0 N–H and O–H groups in total. The molecule has 0 spiro atoms. The van der Waals surface area contributed by atoms with E-state index in [2.05, 4.69) is 17.9 Å². The average Bonchev–Trinajstić information content (AvgIpc) is 2.64. The molecule has 0 saturated carbocycles. The van der Waals surface area contributed by atoms with Crippen molar-refractivity contribution in [1.29, 1.82) is 0 Å². The standard InChI is InChI=1S/C18H22F5NO2Si/c1-4-27(3,5-2)13-9-12-24(15-10-7-6-8-11-15)16(25)17(20,26-14-19)18(21,22)23/h4-8,10-11H,1-2,9,12-14H2,3H3. The van der Waals surface area contributed by atoms with Crippen molar-refractivity contribution in [2.24, 2.45) is 0 Å². The minimum absolute atomic E-state index is 0.0526. The van der Waals surface area contributed by atoms with Gasteiger partial charge in [-0.05, 0) is 24.6 Å². The number of ether oxygens (including phenoxy) is 1. The lowest BCUT2D eigenvalue weighted by Gasteiger charge is -2.32. The zero-order valence-electron chi connectivity index (χ0n) is 14.9. The van der Waals surface area contributed by atoms with Crippen LogP contribution in [0.25, 0.3) is 0 Å². The average molecular weight is 407 g/mol. The van der Waals surface area contributed by atoms with Crippen LogP contribution in [0.2, 0.25) is 12.6 Å². The lowest BCUT2D eigenvalue weighted by molar-refractivity contribution is -0.321. The molecule has 150 valence electrons. The van der Waals surface area contributed by atoms with E-state index in [0.717, 1.165) is 0 Å². The highest BCUT2D eigenvalue weighted by Crippen LogP contribution is 2.38. The van der Waals surface area contributed by atoms with Crippen LogP contribution in [0.4, 0.5) is 27.6 Å². The van der Waals surface area contributed by atoms with E-state index in [1.165, 1.54) is 24.3 Å². The number of benzene rings is 1. The van der Waals surface area contributed by atoms with Gasteiger partial charge in [-0.1, -0.05) is 36.1 Å². The largest absolute Gasteiger partial charge is 0.458 e. The maximum Gasteiger partial charge on any atom is 0.458 e. The molecule has 0 radical (unpaired) electrons. The van der Waals surface area contributed by atoms with Gasteiger partial charge in [0.2, 0.25) is 0 Å². The van der Waals surface area contributed by atoms with Gasteiger partial charge in [-0.2, -0.15) is 17.6 Å². The monoisotopic (exact) mass is 407 g/mol. The topological polar surface area (TPSA) is 29.5 Å². The van der Waals surface area contributed by atoms with Crippen molar-refractivity contribution in [3.05, 3.63) is 54.9 Å². The second kappa shape index (κ2) is 9.27. The molecule has 0 aliphatic carbocycles. The molecule has 1 aromatic carbocycles. The molecule has 1 atom stereocenters. The highest BCUT2D eigenvalue weighted by atomic mass is 28.3. The Kier molecular flexibility index (Phi) is 7.91. The van der Waals surface area contributed by atoms with E-state index >= 15 is 0 Å². The Morgan fingerprint density at radius 2 is 1.74 bits per heavy atom. The Hall–Kier alpha value is -2.00. The van der Waals surface area contributed by atoms with Gasteiger partial charge >= 0.3 is 17.9 Å². The zero-order valence-corrected chi connectivity index (χ0v) is 15.9. The predicted molar refractivity (Wildman–Crippen MR) is 97.2 cm³/mol. The molecule has 0 fully saturated rings. The minimum Gasteiger partial charge on any atom is -0.307 e. The molecule has 0 bridgehead atoms. The van der Waals surface area contributed by atoms with E-state index < -0.39 is 32.9 Å². The number of carbonyl (C=O) groups is 1. The fraction of sp³-hybridized carbons (Fsp3) is 0.389. The highest BCUT2D eigenvalue weighted by molar-refractivity contribution is 6.87. The number of nitrogens with zero attached hydrogens (tertiary/aromatic N) is 1. The molecule has 1 aromatic rings. The van der Waals surface area contributed by atoms with Crippen LogP contribution in [0.1, 0.15) is 6.42 Å². The van der Waals surface area contributed by atoms with Crippen LogP contribution in [0.5, 0.6) is 0 Å². The molecule has 9 heteroatoms. The molecular formula is C18H22F5NO2Si. The number of amides is 1. The summed E-state index contributed by atoms with van der Waals surface area (Å²) in [6.45, 7) is 7.11. The van der Waals surface area contributed by atoms with Crippen LogP contribution in [0.15, 0.2) is 54.9 Å². The summed E-state index contributed by atoms with van der Waals surface area (Å²) in [6, 6.07) is 7.85. The lowest BCUT2D eigenvalue weighted by atomic mass is 10.2. The van der Waals surface area contributed by atoms with E-state index in [1.807, 2.05) is 6.55 Å². The Morgan fingerprint density at radius 3 is 2.19 bits per heavy atom. The first kappa shape index (κ1) is 23.0. The van der Waals surface area contributed by atoms with Crippen molar-refractivity contribution in [1.82, 2.24) is 0 Å². The van der Waals surface area contributed by atoms with Gasteiger partial charge in [-0.15, -0.1) is 13.2 Å². The Labute approximate surface area is 156 Å². The second-order valence-corrected chi connectivity index (χ2v) is 10.5. The molecular weight excluding hydrogens is 385 g/mol. The summed E-state index contributed by atoms with van der Waals surface area (Å²) in [5.41, 5.74) is 3.57. The van der Waals surface area contributed by atoms with Gasteiger partial charge in [-0.3, -0.25) is 9.53 Å². The van der Waals surface area contributed by atoms with Gasteiger partial charge in [0.1, 0.15) is 0 Å². The maximum absolute atomic E-state index is 14.4.